The number of rotatable bonds is 5. The van der Waals surface area contributed by atoms with Crippen molar-refractivity contribution in [3.8, 4) is 27.9 Å². The lowest BCUT2D eigenvalue weighted by Crippen LogP contribution is -2.15. The van der Waals surface area contributed by atoms with E-state index in [4.69, 9.17) is 0 Å². The highest BCUT2D eigenvalue weighted by Gasteiger charge is 2.36. The molecule has 1 aliphatic carbocycles. The topological polar surface area (TPSA) is 8.17 Å². The second-order valence-electron chi connectivity index (χ2n) is 14.2. The van der Waals surface area contributed by atoms with E-state index in [2.05, 4.69) is 205 Å². The molecule has 242 valence electrons. The molecule has 1 heterocycles. The van der Waals surface area contributed by atoms with E-state index in [1.807, 2.05) is 0 Å². The zero-order valence-corrected chi connectivity index (χ0v) is 28.7. The van der Waals surface area contributed by atoms with Gasteiger partial charge in [-0.3, -0.25) is 0 Å². The lowest BCUT2D eigenvalue weighted by molar-refractivity contribution is 0.666. The van der Waals surface area contributed by atoms with Gasteiger partial charge in [-0.05, 0) is 98.8 Å². The van der Waals surface area contributed by atoms with Crippen LogP contribution in [0.5, 0.6) is 0 Å². The molecule has 0 bridgehead atoms. The Labute approximate surface area is 298 Å². The van der Waals surface area contributed by atoms with Crippen LogP contribution in [0.15, 0.2) is 182 Å². The molecule has 1 aliphatic rings. The number of para-hydroxylation sites is 2. The van der Waals surface area contributed by atoms with E-state index in [0.29, 0.717) is 0 Å². The third kappa shape index (κ3) is 4.57. The first kappa shape index (κ1) is 29.5. The molecule has 0 unspecified atom stereocenters. The molecule has 0 radical (unpaired) electrons. The summed E-state index contributed by atoms with van der Waals surface area (Å²) in [5.41, 5.74) is 14.8. The van der Waals surface area contributed by atoms with Crippen LogP contribution in [0.3, 0.4) is 0 Å². The van der Waals surface area contributed by atoms with Gasteiger partial charge >= 0.3 is 0 Å². The second kappa shape index (κ2) is 11.3. The highest BCUT2D eigenvalue weighted by Crippen LogP contribution is 2.52. The van der Waals surface area contributed by atoms with E-state index in [9.17, 15) is 0 Å². The molecular formula is C49H36N2. The SMILES string of the molecule is CC1(C)c2ccccc2-c2ccc3cc(N(c4ccc(-c5ccccc5)cc4)c4ccc5c6ccccc6n(-c6ccccc6)c5c4)ccc3c21. The van der Waals surface area contributed by atoms with Crippen molar-refractivity contribution >= 4 is 49.6 Å². The zero-order chi connectivity index (χ0) is 34.1. The Hall–Kier alpha value is -6.38. The van der Waals surface area contributed by atoms with Crippen molar-refractivity contribution in [2.75, 3.05) is 4.90 Å². The van der Waals surface area contributed by atoms with Crippen molar-refractivity contribution in [2.45, 2.75) is 19.3 Å². The molecule has 1 aromatic heterocycles. The lowest BCUT2D eigenvalue weighted by atomic mass is 9.80. The highest BCUT2D eigenvalue weighted by molar-refractivity contribution is 6.10. The number of anilines is 3. The predicted molar refractivity (Wildman–Crippen MR) is 216 cm³/mol. The first-order valence-corrected chi connectivity index (χ1v) is 17.8. The van der Waals surface area contributed by atoms with E-state index in [-0.39, 0.29) is 5.41 Å². The van der Waals surface area contributed by atoms with Gasteiger partial charge in [0, 0.05) is 38.9 Å². The Kier molecular flexibility index (Phi) is 6.56. The number of benzene rings is 8. The Morgan fingerprint density at radius 3 is 1.84 bits per heavy atom. The summed E-state index contributed by atoms with van der Waals surface area (Å²) in [6.45, 7) is 4.74. The average molecular weight is 653 g/mol. The quantitative estimate of drug-likeness (QED) is 0.180. The van der Waals surface area contributed by atoms with Crippen molar-refractivity contribution in [1.29, 1.82) is 0 Å². The van der Waals surface area contributed by atoms with Gasteiger partial charge in [-0.1, -0.05) is 141 Å². The average Bonchev–Trinajstić information content (AvgIpc) is 3.64. The maximum Gasteiger partial charge on any atom is 0.0561 e. The molecule has 51 heavy (non-hydrogen) atoms. The van der Waals surface area contributed by atoms with Gasteiger partial charge in [-0.15, -0.1) is 0 Å². The molecule has 2 heteroatoms. The minimum absolute atomic E-state index is 0.0736. The van der Waals surface area contributed by atoms with Gasteiger partial charge < -0.3 is 9.47 Å². The van der Waals surface area contributed by atoms with Crippen LogP contribution < -0.4 is 4.90 Å². The zero-order valence-electron chi connectivity index (χ0n) is 28.7. The summed E-state index contributed by atoms with van der Waals surface area (Å²) in [4.78, 5) is 2.41. The van der Waals surface area contributed by atoms with Crippen molar-refractivity contribution in [3.05, 3.63) is 193 Å². The maximum absolute atomic E-state index is 2.41. The summed E-state index contributed by atoms with van der Waals surface area (Å²) in [6.07, 6.45) is 0. The van der Waals surface area contributed by atoms with E-state index >= 15 is 0 Å². The van der Waals surface area contributed by atoms with Crippen LogP contribution in [0, 0.1) is 0 Å². The number of fused-ring (bicyclic) bond motifs is 8. The van der Waals surface area contributed by atoms with Crippen LogP contribution in [-0.4, -0.2) is 4.57 Å². The molecule has 0 N–H and O–H groups in total. The van der Waals surface area contributed by atoms with Crippen molar-refractivity contribution in [3.63, 3.8) is 0 Å². The van der Waals surface area contributed by atoms with E-state index in [1.165, 1.54) is 66.0 Å². The third-order valence-corrected chi connectivity index (χ3v) is 10.9. The third-order valence-electron chi connectivity index (χ3n) is 10.9. The summed E-state index contributed by atoms with van der Waals surface area (Å²) in [7, 11) is 0. The Morgan fingerprint density at radius 1 is 0.431 bits per heavy atom. The number of hydrogen-bond acceptors (Lipinski definition) is 1. The summed E-state index contributed by atoms with van der Waals surface area (Å²) in [6, 6.07) is 66.5. The fraction of sp³-hybridized carbons (Fsp3) is 0.0612. The summed E-state index contributed by atoms with van der Waals surface area (Å²) in [5, 5.41) is 5.06. The van der Waals surface area contributed by atoms with Gasteiger partial charge in [0.1, 0.15) is 0 Å². The van der Waals surface area contributed by atoms with Gasteiger partial charge in [-0.25, -0.2) is 0 Å². The molecule has 0 saturated heterocycles. The first-order chi connectivity index (χ1) is 25.1. The van der Waals surface area contributed by atoms with E-state index in [0.717, 1.165) is 22.7 Å². The molecule has 0 atom stereocenters. The molecule has 0 saturated carbocycles. The Morgan fingerprint density at radius 2 is 1.04 bits per heavy atom. The van der Waals surface area contributed by atoms with Crippen LogP contribution in [-0.2, 0) is 5.41 Å². The smallest absolute Gasteiger partial charge is 0.0561 e. The van der Waals surface area contributed by atoms with Crippen LogP contribution in [0.1, 0.15) is 25.0 Å². The molecule has 0 amide bonds. The van der Waals surface area contributed by atoms with Gasteiger partial charge in [0.2, 0.25) is 0 Å². The van der Waals surface area contributed by atoms with E-state index in [1.54, 1.807) is 0 Å². The summed E-state index contributed by atoms with van der Waals surface area (Å²) >= 11 is 0. The van der Waals surface area contributed by atoms with Gasteiger partial charge in [0.25, 0.3) is 0 Å². The van der Waals surface area contributed by atoms with Gasteiger partial charge in [-0.2, -0.15) is 0 Å². The first-order valence-electron chi connectivity index (χ1n) is 17.8. The largest absolute Gasteiger partial charge is 0.310 e. The fourth-order valence-electron chi connectivity index (χ4n) is 8.59. The maximum atomic E-state index is 2.41. The Balaban J connectivity index is 1.18. The van der Waals surface area contributed by atoms with Gasteiger partial charge in [0.15, 0.2) is 0 Å². The van der Waals surface area contributed by atoms with Crippen LogP contribution in [0.2, 0.25) is 0 Å². The minimum Gasteiger partial charge on any atom is -0.310 e. The molecular weight excluding hydrogens is 617 g/mol. The molecule has 0 aliphatic heterocycles. The second-order valence-corrected chi connectivity index (χ2v) is 14.2. The van der Waals surface area contributed by atoms with Crippen LogP contribution in [0.4, 0.5) is 17.1 Å². The van der Waals surface area contributed by atoms with Crippen molar-refractivity contribution < 1.29 is 0 Å². The normalized spacial score (nSPS) is 13.1. The molecule has 2 nitrogen and oxygen atoms in total. The predicted octanol–water partition coefficient (Wildman–Crippen LogP) is 13.4. The number of aromatic nitrogens is 1. The molecule has 10 rings (SSSR count). The van der Waals surface area contributed by atoms with Crippen LogP contribution >= 0.6 is 0 Å². The molecule has 8 aromatic carbocycles. The number of nitrogens with zero attached hydrogens (tertiary/aromatic N) is 2. The summed E-state index contributed by atoms with van der Waals surface area (Å²) < 4.78 is 2.40. The lowest BCUT2D eigenvalue weighted by Gasteiger charge is -2.27. The molecule has 0 spiro atoms. The standard InChI is InChI=1S/C49H36N2/c1-49(2)45-19-11-9-17-41(45)44-28-23-35-31-38(26-29-40(35)48(44)49)50(37-24-21-34(22-25-37)33-13-5-3-6-14-33)39-27-30-43-42-18-10-12-20-46(42)51(47(43)32-39)36-15-7-4-8-16-36/h3-32H,1-2H3. The minimum atomic E-state index is -0.0736. The monoisotopic (exact) mass is 652 g/mol. The van der Waals surface area contributed by atoms with Crippen LogP contribution in [0.25, 0.3) is 60.5 Å². The molecule has 9 aromatic rings. The fourth-order valence-corrected chi connectivity index (χ4v) is 8.59. The van der Waals surface area contributed by atoms with Crippen molar-refractivity contribution in [2.24, 2.45) is 0 Å². The Bertz CT molecular complexity index is 2750. The number of hydrogen-bond donors (Lipinski definition) is 0. The van der Waals surface area contributed by atoms with E-state index < -0.39 is 0 Å². The summed E-state index contributed by atoms with van der Waals surface area (Å²) in [5.74, 6) is 0. The molecule has 0 fully saturated rings. The van der Waals surface area contributed by atoms with Gasteiger partial charge in [0.05, 0.1) is 11.0 Å². The highest BCUT2D eigenvalue weighted by atomic mass is 15.1. The van der Waals surface area contributed by atoms with Crippen molar-refractivity contribution in [1.82, 2.24) is 4.57 Å².